The predicted octanol–water partition coefficient (Wildman–Crippen LogP) is 2.22. The van der Waals surface area contributed by atoms with Gasteiger partial charge in [0.15, 0.2) is 0 Å². The Morgan fingerprint density at radius 1 is 1.22 bits per heavy atom. The molecule has 0 radical (unpaired) electrons. The molecule has 0 aliphatic rings. The second kappa shape index (κ2) is 4.31. The number of rotatable bonds is 3. The summed E-state index contributed by atoms with van der Waals surface area (Å²) in [6, 6.07) is 10.2. The van der Waals surface area contributed by atoms with E-state index in [1.807, 2.05) is 30.1 Å². The zero-order valence-corrected chi connectivity index (χ0v) is 10.3. The summed E-state index contributed by atoms with van der Waals surface area (Å²) in [5, 5.41) is 0. The summed E-state index contributed by atoms with van der Waals surface area (Å²) < 4.78 is 7.62. The first-order valence-electron chi connectivity index (χ1n) is 5.94. The molecule has 0 aliphatic carbocycles. The first kappa shape index (κ1) is 11.0. The van der Waals surface area contributed by atoms with Gasteiger partial charge in [-0.15, -0.1) is 0 Å². The molecule has 0 saturated heterocycles. The molecule has 0 spiro atoms. The Balaban J connectivity index is 1.90. The summed E-state index contributed by atoms with van der Waals surface area (Å²) in [6.45, 7) is 0.444. The number of aryl methyl sites for hydroxylation is 1. The Labute approximate surface area is 105 Å². The van der Waals surface area contributed by atoms with Crippen molar-refractivity contribution in [2.24, 2.45) is 12.8 Å². The number of nitrogens with two attached hydrogens (primary N) is 1. The Morgan fingerprint density at radius 2 is 2.06 bits per heavy atom. The highest BCUT2D eigenvalue weighted by molar-refractivity contribution is 5.76. The zero-order valence-electron chi connectivity index (χ0n) is 10.3. The van der Waals surface area contributed by atoms with E-state index in [1.54, 1.807) is 0 Å². The third kappa shape index (κ3) is 1.91. The standard InChI is InChI=1S/C14H15N3O/c1-17-9-16-13-7-10(2-5-14(13)17)6-11-3-4-12(8-15)18-11/h2-5,7,9H,6,8,15H2,1H3. The highest BCUT2D eigenvalue weighted by Crippen LogP contribution is 2.18. The van der Waals surface area contributed by atoms with E-state index in [9.17, 15) is 0 Å². The average molecular weight is 241 g/mol. The van der Waals surface area contributed by atoms with E-state index in [4.69, 9.17) is 10.2 Å². The summed E-state index contributed by atoms with van der Waals surface area (Å²) in [5.41, 5.74) is 8.87. The second-order valence-corrected chi connectivity index (χ2v) is 4.43. The number of aromatic nitrogens is 2. The molecule has 18 heavy (non-hydrogen) atoms. The highest BCUT2D eigenvalue weighted by atomic mass is 16.3. The molecule has 3 rings (SSSR count). The van der Waals surface area contributed by atoms with Gasteiger partial charge in [0, 0.05) is 13.5 Å². The van der Waals surface area contributed by atoms with Crippen molar-refractivity contribution in [2.75, 3.05) is 0 Å². The molecule has 0 unspecified atom stereocenters. The fourth-order valence-electron chi connectivity index (χ4n) is 2.12. The lowest BCUT2D eigenvalue weighted by Gasteiger charge is -2.00. The monoisotopic (exact) mass is 241 g/mol. The van der Waals surface area contributed by atoms with Gasteiger partial charge < -0.3 is 14.7 Å². The molecule has 2 aromatic heterocycles. The maximum atomic E-state index is 5.60. The molecule has 0 aliphatic heterocycles. The van der Waals surface area contributed by atoms with Crippen LogP contribution in [0.5, 0.6) is 0 Å². The van der Waals surface area contributed by atoms with Crippen LogP contribution in [-0.2, 0) is 20.0 Å². The Morgan fingerprint density at radius 3 is 2.83 bits per heavy atom. The van der Waals surface area contributed by atoms with Crippen molar-refractivity contribution in [3.63, 3.8) is 0 Å². The third-order valence-electron chi connectivity index (χ3n) is 3.09. The second-order valence-electron chi connectivity index (χ2n) is 4.43. The van der Waals surface area contributed by atoms with Crippen LogP contribution in [0.4, 0.5) is 0 Å². The largest absolute Gasteiger partial charge is 0.464 e. The lowest BCUT2D eigenvalue weighted by molar-refractivity contribution is 0.475. The van der Waals surface area contributed by atoms with Gasteiger partial charge >= 0.3 is 0 Å². The summed E-state index contributed by atoms with van der Waals surface area (Å²) in [5.74, 6) is 1.76. The van der Waals surface area contributed by atoms with Crippen LogP contribution in [0.2, 0.25) is 0 Å². The van der Waals surface area contributed by atoms with Gasteiger partial charge in [-0.1, -0.05) is 6.07 Å². The lowest BCUT2D eigenvalue weighted by Crippen LogP contribution is -1.93. The van der Waals surface area contributed by atoms with Crippen LogP contribution in [0.25, 0.3) is 11.0 Å². The molecule has 4 nitrogen and oxygen atoms in total. The van der Waals surface area contributed by atoms with E-state index in [0.717, 1.165) is 29.0 Å². The molecule has 3 aromatic rings. The first-order chi connectivity index (χ1) is 8.76. The minimum absolute atomic E-state index is 0.444. The Bertz CT molecular complexity index is 681. The molecule has 1 aromatic carbocycles. The molecule has 2 N–H and O–H groups in total. The van der Waals surface area contributed by atoms with Gasteiger partial charge in [-0.2, -0.15) is 0 Å². The number of nitrogens with zero attached hydrogens (tertiary/aromatic N) is 2. The fourth-order valence-corrected chi connectivity index (χ4v) is 2.12. The molecule has 0 saturated carbocycles. The van der Waals surface area contributed by atoms with Gasteiger partial charge in [-0.25, -0.2) is 4.98 Å². The number of hydrogen-bond donors (Lipinski definition) is 1. The van der Waals surface area contributed by atoms with Gasteiger partial charge in [-0.3, -0.25) is 0 Å². The van der Waals surface area contributed by atoms with Crippen molar-refractivity contribution in [1.29, 1.82) is 0 Å². The molecular weight excluding hydrogens is 226 g/mol. The Hall–Kier alpha value is -2.07. The van der Waals surface area contributed by atoms with E-state index >= 15 is 0 Å². The van der Waals surface area contributed by atoms with Crippen molar-refractivity contribution >= 4 is 11.0 Å². The van der Waals surface area contributed by atoms with E-state index < -0.39 is 0 Å². The van der Waals surface area contributed by atoms with Crippen LogP contribution < -0.4 is 5.73 Å². The molecular formula is C14H15N3O. The molecule has 92 valence electrons. The van der Waals surface area contributed by atoms with Crippen LogP contribution in [0.3, 0.4) is 0 Å². The normalized spacial score (nSPS) is 11.2. The summed E-state index contributed by atoms with van der Waals surface area (Å²) in [7, 11) is 2.00. The molecule has 0 fully saturated rings. The number of benzene rings is 1. The summed E-state index contributed by atoms with van der Waals surface area (Å²) in [4.78, 5) is 4.35. The predicted molar refractivity (Wildman–Crippen MR) is 70.1 cm³/mol. The van der Waals surface area contributed by atoms with Gasteiger partial charge in [0.25, 0.3) is 0 Å². The van der Waals surface area contributed by atoms with E-state index in [-0.39, 0.29) is 0 Å². The molecule has 0 amide bonds. The number of fused-ring (bicyclic) bond motifs is 1. The smallest absolute Gasteiger partial charge is 0.117 e. The third-order valence-corrected chi connectivity index (χ3v) is 3.09. The van der Waals surface area contributed by atoms with Crippen LogP contribution in [0, 0.1) is 0 Å². The highest BCUT2D eigenvalue weighted by Gasteiger charge is 2.05. The Kier molecular flexibility index (Phi) is 2.64. The summed E-state index contributed by atoms with van der Waals surface area (Å²) in [6.07, 6.45) is 2.60. The maximum Gasteiger partial charge on any atom is 0.117 e. The first-order valence-corrected chi connectivity index (χ1v) is 5.94. The summed E-state index contributed by atoms with van der Waals surface area (Å²) >= 11 is 0. The van der Waals surface area contributed by atoms with E-state index in [1.165, 1.54) is 5.56 Å². The van der Waals surface area contributed by atoms with E-state index in [0.29, 0.717) is 6.54 Å². The molecule has 2 heterocycles. The lowest BCUT2D eigenvalue weighted by atomic mass is 10.1. The van der Waals surface area contributed by atoms with Crippen molar-refractivity contribution in [3.8, 4) is 0 Å². The van der Waals surface area contributed by atoms with Crippen LogP contribution in [0.15, 0.2) is 41.1 Å². The van der Waals surface area contributed by atoms with Crippen molar-refractivity contribution in [1.82, 2.24) is 9.55 Å². The number of imidazole rings is 1. The average Bonchev–Trinajstić information content (AvgIpc) is 2.97. The van der Waals surface area contributed by atoms with Gasteiger partial charge in [0.2, 0.25) is 0 Å². The zero-order chi connectivity index (χ0) is 12.5. The fraction of sp³-hybridized carbons (Fsp3) is 0.214. The van der Waals surface area contributed by atoms with E-state index in [2.05, 4.69) is 23.2 Å². The van der Waals surface area contributed by atoms with Crippen LogP contribution in [0.1, 0.15) is 17.1 Å². The molecule has 0 atom stereocenters. The van der Waals surface area contributed by atoms with Crippen molar-refractivity contribution < 1.29 is 4.42 Å². The minimum atomic E-state index is 0.444. The van der Waals surface area contributed by atoms with Crippen LogP contribution >= 0.6 is 0 Å². The molecule has 4 heteroatoms. The van der Waals surface area contributed by atoms with Gasteiger partial charge in [-0.05, 0) is 29.8 Å². The molecule has 0 bridgehead atoms. The SMILES string of the molecule is Cn1cnc2cc(Cc3ccc(CN)o3)ccc21. The number of furan rings is 1. The van der Waals surface area contributed by atoms with Crippen molar-refractivity contribution in [3.05, 3.63) is 53.7 Å². The quantitative estimate of drug-likeness (QED) is 0.765. The topological polar surface area (TPSA) is 57.0 Å². The van der Waals surface area contributed by atoms with Gasteiger partial charge in [0.1, 0.15) is 11.5 Å². The number of hydrogen-bond acceptors (Lipinski definition) is 3. The maximum absolute atomic E-state index is 5.60. The van der Waals surface area contributed by atoms with Crippen LogP contribution in [-0.4, -0.2) is 9.55 Å². The van der Waals surface area contributed by atoms with Gasteiger partial charge in [0.05, 0.1) is 23.9 Å². The minimum Gasteiger partial charge on any atom is -0.464 e. The van der Waals surface area contributed by atoms with Crippen molar-refractivity contribution in [2.45, 2.75) is 13.0 Å².